The van der Waals surface area contributed by atoms with Crippen molar-refractivity contribution in [3.63, 3.8) is 0 Å². The second-order valence-electron chi connectivity index (χ2n) is 11.5. The number of esters is 2. The summed E-state index contributed by atoms with van der Waals surface area (Å²) < 4.78 is 50.8. The van der Waals surface area contributed by atoms with Crippen LogP contribution >= 0.6 is 31.9 Å². The van der Waals surface area contributed by atoms with Gasteiger partial charge in [0.25, 0.3) is 0 Å². The number of fused-ring (bicyclic) bond motifs is 2. The molecule has 4 unspecified atom stereocenters. The third-order valence-corrected chi connectivity index (χ3v) is 10.0. The largest absolute Gasteiger partial charge is 1.00 e. The van der Waals surface area contributed by atoms with Crippen LogP contribution in [-0.4, -0.2) is 91.0 Å². The topological polar surface area (TPSA) is 224 Å². The molecule has 4 aliphatic heterocycles. The van der Waals surface area contributed by atoms with Crippen molar-refractivity contribution in [2.24, 2.45) is 17.0 Å². The Morgan fingerprint density at radius 2 is 1.23 bits per heavy atom. The molecule has 52 heavy (non-hydrogen) atoms. The van der Waals surface area contributed by atoms with E-state index in [0.717, 1.165) is 0 Å². The molecule has 17 nitrogen and oxygen atoms in total. The molecule has 0 amide bonds. The van der Waals surface area contributed by atoms with Gasteiger partial charge in [-0.25, -0.2) is 8.78 Å². The number of cyclic esters (lactones) is 2. The number of aliphatic hydroxyl groups excluding tert-OH is 1. The van der Waals surface area contributed by atoms with Crippen molar-refractivity contribution < 1.29 is 81.7 Å². The minimum atomic E-state index is -0.683. The number of azide groups is 1. The number of carbonyl (C=O) groups is 2. The molecule has 4 fully saturated rings. The maximum Gasteiger partial charge on any atom is 1.00 e. The normalized spacial score (nSPS) is 27.2. The number of hydrogen-bond donors (Lipinski definition) is 1. The Bertz CT molecular complexity index is 1710. The van der Waals surface area contributed by atoms with E-state index < -0.39 is 47.9 Å². The van der Waals surface area contributed by atoms with Crippen molar-refractivity contribution in [3.8, 4) is 11.5 Å². The summed E-state index contributed by atoms with van der Waals surface area (Å²) in [6.07, 6.45) is -1.80. The number of carbonyl (C=O) groups excluding carboxylic acids is 2. The first kappa shape index (κ1) is 43.6. The Labute approximate surface area is 335 Å². The zero-order valence-electron chi connectivity index (χ0n) is 28.6. The van der Waals surface area contributed by atoms with Gasteiger partial charge in [0, 0.05) is 16.0 Å². The molecule has 6 rings (SSSR count). The minimum Gasteiger partial charge on any atom is -0.495 e. The maximum atomic E-state index is 14.3. The quantitative estimate of drug-likeness (QED) is 0.127. The van der Waals surface area contributed by atoms with E-state index >= 15 is 0 Å². The summed E-state index contributed by atoms with van der Waals surface area (Å²) in [5, 5.41) is 15.8. The number of methoxy groups -OCH3 is 2. The molecule has 8 atom stereocenters. The third kappa shape index (κ3) is 9.11. The number of halogens is 4. The Balaban J connectivity index is 0.000000257. The van der Waals surface area contributed by atoms with Gasteiger partial charge in [0.2, 0.25) is 0 Å². The van der Waals surface area contributed by atoms with E-state index in [2.05, 4.69) is 41.9 Å². The van der Waals surface area contributed by atoms with Crippen molar-refractivity contribution in [1.82, 2.24) is 10.1 Å². The Hall–Kier alpha value is -2.78. The summed E-state index contributed by atoms with van der Waals surface area (Å²) in [4.78, 5) is 40.0. The number of rotatable bonds is 9. The maximum absolute atomic E-state index is 14.3. The van der Waals surface area contributed by atoms with Gasteiger partial charge in [-0.05, 0) is 75.5 Å². The number of ether oxygens (including phenoxy) is 4. The standard InChI is InChI=1S/C15H16BrFN4O4.C15H17BrFNO5.N3.Na/c1-7-12-11(5-19-20-18)25-21(13(12)15(22)24-7)6-8-10(17)4-3-9(16)14(8)23-2;1-7-12-11(6-19)23-18(13(12)15(20)22-7)5-8-10(17)4-3-9(16)14(8)21-2;1-3-2;/h3-4,7,11-13H,5-6H2,1-2H3;3-4,7,11-13,19H,5-6H2,1-2H3;;/q;;-1;+1/t2*7-,11-,12?,13?;;/m00../s1. The van der Waals surface area contributed by atoms with Crippen LogP contribution in [0.3, 0.4) is 0 Å². The summed E-state index contributed by atoms with van der Waals surface area (Å²) in [6, 6.07) is 4.37. The van der Waals surface area contributed by atoms with E-state index in [9.17, 15) is 23.5 Å². The van der Waals surface area contributed by atoms with Crippen LogP contribution in [0, 0.1) is 23.5 Å². The molecular formula is C30H33Br2F2N8NaO9. The second-order valence-corrected chi connectivity index (χ2v) is 13.2. The van der Waals surface area contributed by atoms with Crippen LogP contribution in [-0.2, 0) is 41.8 Å². The average molecular weight is 870 g/mol. The van der Waals surface area contributed by atoms with Crippen molar-refractivity contribution in [3.05, 3.63) is 82.4 Å². The van der Waals surface area contributed by atoms with Crippen molar-refractivity contribution in [2.45, 2.75) is 63.4 Å². The summed E-state index contributed by atoms with van der Waals surface area (Å²) in [6.45, 7) is 3.35. The SMILES string of the molecule is COc1c(Br)ccc(F)c1CN1O[C@@H](CN=[N+]=[N-])C2C1C(=O)O[C@H]2C.COc1c(Br)ccc(F)c1CN1O[C@@H](CO)C2C1C(=O)O[C@H]2C.[N-]=[N+]=[N-].[Na+]. The van der Waals surface area contributed by atoms with E-state index in [1.54, 1.807) is 26.0 Å². The van der Waals surface area contributed by atoms with Crippen LogP contribution in [0.4, 0.5) is 8.78 Å². The van der Waals surface area contributed by atoms with E-state index in [1.807, 2.05) is 0 Å². The van der Waals surface area contributed by atoms with Gasteiger partial charge >= 0.3 is 41.5 Å². The molecule has 22 heteroatoms. The van der Waals surface area contributed by atoms with Gasteiger partial charge in [-0.1, -0.05) is 5.11 Å². The smallest absolute Gasteiger partial charge is 0.495 e. The average Bonchev–Trinajstić information content (AvgIpc) is 3.82. The van der Waals surface area contributed by atoms with Gasteiger partial charge in [-0.15, -0.1) is 0 Å². The fourth-order valence-electron chi connectivity index (χ4n) is 6.64. The molecule has 2 aromatic rings. The zero-order chi connectivity index (χ0) is 37.6. The van der Waals surface area contributed by atoms with Crippen molar-refractivity contribution in [2.75, 3.05) is 27.4 Å². The summed E-state index contributed by atoms with van der Waals surface area (Å²) in [5.41, 5.74) is 22.6. The molecule has 0 bridgehead atoms. The Kier molecular flexibility index (Phi) is 16.4. The van der Waals surface area contributed by atoms with Gasteiger partial charge in [0.05, 0.1) is 67.3 Å². The first-order valence-corrected chi connectivity index (χ1v) is 16.8. The van der Waals surface area contributed by atoms with Crippen molar-refractivity contribution in [1.29, 1.82) is 0 Å². The summed E-state index contributed by atoms with van der Waals surface area (Å²) in [7, 11) is 2.88. The monoisotopic (exact) mass is 868 g/mol. The number of hydroxylamine groups is 4. The molecule has 0 spiro atoms. The molecule has 0 aliphatic carbocycles. The molecule has 0 aromatic heterocycles. The molecule has 276 valence electrons. The second kappa shape index (κ2) is 19.5. The van der Waals surface area contributed by atoms with Gasteiger partial charge in [0.15, 0.2) is 0 Å². The number of nitrogens with zero attached hydrogens (tertiary/aromatic N) is 8. The predicted octanol–water partition coefficient (Wildman–Crippen LogP) is 2.46. The molecule has 2 aromatic carbocycles. The van der Waals surface area contributed by atoms with Crippen LogP contribution in [0.5, 0.6) is 11.5 Å². The van der Waals surface area contributed by atoms with E-state index in [-0.39, 0.29) is 91.0 Å². The first-order chi connectivity index (χ1) is 24.4. The zero-order valence-corrected chi connectivity index (χ0v) is 33.7. The Morgan fingerprint density at radius 3 is 1.62 bits per heavy atom. The van der Waals surface area contributed by atoms with Crippen LogP contribution in [0.1, 0.15) is 25.0 Å². The molecule has 0 radical (unpaired) electrons. The van der Waals surface area contributed by atoms with Crippen molar-refractivity contribution >= 4 is 43.8 Å². The van der Waals surface area contributed by atoms with E-state index in [4.69, 9.17) is 45.2 Å². The molecule has 1 N–H and O–H groups in total. The summed E-state index contributed by atoms with van der Waals surface area (Å²) in [5.74, 6) is -1.69. The Morgan fingerprint density at radius 1 is 0.827 bits per heavy atom. The van der Waals surface area contributed by atoms with Gasteiger partial charge in [-0.2, -0.15) is 10.1 Å². The first-order valence-electron chi connectivity index (χ1n) is 15.3. The number of benzene rings is 2. The van der Waals surface area contributed by atoms with Crippen LogP contribution in [0.2, 0.25) is 0 Å². The van der Waals surface area contributed by atoms with Crippen LogP contribution < -0.4 is 39.0 Å². The van der Waals surface area contributed by atoms with Crippen LogP contribution in [0.25, 0.3) is 26.4 Å². The molecular weight excluding hydrogens is 837 g/mol. The predicted molar refractivity (Wildman–Crippen MR) is 179 cm³/mol. The molecule has 4 aliphatic rings. The number of hydrogen-bond acceptors (Lipinski definition) is 12. The molecule has 4 saturated heterocycles. The summed E-state index contributed by atoms with van der Waals surface area (Å²) >= 11 is 6.63. The minimum absolute atomic E-state index is 0. The number of aliphatic hydroxyl groups is 1. The van der Waals surface area contributed by atoms with Gasteiger partial charge < -0.3 is 35.1 Å². The molecule has 4 heterocycles. The molecule has 0 saturated carbocycles. The van der Waals surface area contributed by atoms with E-state index in [0.29, 0.717) is 20.4 Å². The van der Waals surface area contributed by atoms with Gasteiger partial charge in [-0.3, -0.25) is 24.2 Å². The van der Waals surface area contributed by atoms with Crippen LogP contribution in [0.15, 0.2) is 38.3 Å². The van der Waals surface area contributed by atoms with Gasteiger partial charge in [0.1, 0.15) is 53.5 Å². The third-order valence-electron chi connectivity index (χ3n) is 8.77. The van der Waals surface area contributed by atoms with E-state index in [1.165, 1.54) is 41.4 Å². The fraction of sp³-hybridized carbons (Fsp3) is 0.533. The fourth-order valence-corrected chi connectivity index (χ4v) is 7.70.